The molecular formula is C27H28N2O. The fourth-order valence-corrected chi connectivity index (χ4v) is 3.69. The molecule has 3 heteroatoms. The van der Waals surface area contributed by atoms with E-state index in [2.05, 4.69) is 91.2 Å². The molecule has 0 amide bonds. The van der Waals surface area contributed by atoms with Gasteiger partial charge in [0.15, 0.2) is 0 Å². The highest BCUT2D eigenvalue weighted by atomic mass is 16.5. The summed E-state index contributed by atoms with van der Waals surface area (Å²) in [7, 11) is 0. The molecular weight excluding hydrogens is 368 g/mol. The van der Waals surface area contributed by atoms with Crippen LogP contribution < -0.4 is 4.74 Å². The highest BCUT2D eigenvalue weighted by Gasteiger charge is 2.23. The third kappa shape index (κ3) is 4.30. The molecule has 0 spiro atoms. The number of ether oxygens (including phenoxy) is 1. The van der Waals surface area contributed by atoms with Crippen LogP contribution in [0.4, 0.5) is 0 Å². The van der Waals surface area contributed by atoms with Crippen molar-refractivity contribution in [1.29, 1.82) is 0 Å². The van der Waals surface area contributed by atoms with Crippen LogP contribution in [0.2, 0.25) is 0 Å². The van der Waals surface area contributed by atoms with E-state index >= 15 is 0 Å². The Hall–Kier alpha value is -3.33. The molecule has 3 nitrogen and oxygen atoms in total. The second-order valence-electron chi connectivity index (χ2n) is 7.57. The van der Waals surface area contributed by atoms with Crippen LogP contribution in [0.15, 0.2) is 91.0 Å². The predicted molar refractivity (Wildman–Crippen MR) is 124 cm³/mol. The molecule has 1 unspecified atom stereocenters. The normalized spacial score (nSPS) is 11.9. The summed E-state index contributed by atoms with van der Waals surface area (Å²) >= 11 is 0. The van der Waals surface area contributed by atoms with Gasteiger partial charge in [0, 0.05) is 11.1 Å². The summed E-state index contributed by atoms with van der Waals surface area (Å²) < 4.78 is 8.57. The molecule has 1 aromatic heterocycles. The van der Waals surface area contributed by atoms with E-state index < -0.39 is 0 Å². The van der Waals surface area contributed by atoms with E-state index in [1.54, 1.807) is 0 Å². The van der Waals surface area contributed by atoms with Crippen LogP contribution in [-0.4, -0.2) is 15.7 Å². The van der Waals surface area contributed by atoms with E-state index in [0.717, 1.165) is 47.5 Å². The minimum atomic E-state index is 0.0991. The van der Waals surface area contributed by atoms with Crippen molar-refractivity contribution < 1.29 is 4.74 Å². The maximum Gasteiger partial charge on any atom is 0.302 e. The van der Waals surface area contributed by atoms with Gasteiger partial charge in [0.25, 0.3) is 0 Å². The van der Waals surface area contributed by atoms with Crippen LogP contribution in [0.1, 0.15) is 33.1 Å². The maximum atomic E-state index is 6.42. The van der Waals surface area contributed by atoms with Crippen LogP contribution in [0.25, 0.3) is 28.2 Å². The zero-order chi connectivity index (χ0) is 20.8. The monoisotopic (exact) mass is 396 g/mol. The van der Waals surface area contributed by atoms with E-state index in [-0.39, 0.29) is 6.10 Å². The molecule has 0 bridgehead atoms. The lowest BCUT2D eigenvalue weighted by molar-refractivity contribution is 0.188. The number of benzene rings is 3. The van der Waals surface area contributed by atoms with E-state index in [0.29, 0.717) is 6.01 Å². The fourth-order valence-electron chi connectivity index (χ4n) is 3.69. The van der Waals surface area contributed by atoms with E-state index in [1.807, 2.05) is 18.2 Å². The van der Waals surface area contributed by atoms with Crippen molar-refractivity contribution in [3.8, 4) is 34.2 Å². The van der Waals surface area contributed by atoms with Gasteiger partial charge in [0.2, 0.25) is 0 Å². The number of rotatable bonds is 8. The SMILES string of the molecule is CCCCC(C)Oc1nc(-c2ccccc2)c(-c2ccccc2)n1-c1ccccc1. The molecule has 4 rings (SSSR count). The lowest BCUT2D eigenvalue weighted by Crippen LogP contribution is -2.14. The van der Waals surface area contributed by atoms with Crippen molar-refractivity contribution in [2.75, 3.05) is 0 Å². The highest BCUT2D eigenvalue weighted by Crippen LogP contribution is 2.38. The molecule has 0 fully saturated rings. The first-order valence-corrected chi connectivity index (χ1v) is 10.7. The van der Waals surface area contributed by atoms with Gasteiger partial charge in [-0.1, -0.05) is 98.6 Å². The molecule has 0 aliphatic rings. The minimum Gasteiger partial charge on any atom is -0.461 e. The fraction of sp³-hybridized carbons (Fsp3) is 0.222. The second-order valence-corrected chi connectivity index (χ2v) is 7.57. The summed E-state index contributed by atoms with van der Waals surface area (Å²) in [4.78, 5) is 5.02. The van der Waals surface area contributed by atoms with Gasteiger partial charge in [-0.2, -0.15) is 4.98 Å². The topological polar surface area (TPSA) is 27.1 Å². The summed E-state index contributed by atoms with van der Waals surface area (Å²) in [6.45, 7) is 4.34. The molecule has 0 aliphatic carbocycles. The van der Waals surface area contributed by atoms with Gasteiger partial charge < -0.3 is 4.74 Å². The van der Waals surface area contributed by atoms with E-state index in [9.17, 15) is 0 Å². The van der Waals surface area contributed by atoms with Crippen LogP contribution in [0, 0.1) is 0 Å². The lowest BCUT2D eigenvalue weighted by Gasteiger charge is -2.17. The average Bonchev–Trinajstić information content (AvgIpc) is 3.18. The number of nitrogens with zero attached hydrogens (tertiary/aromatic N) is 2. The van der Waals surface area contributed by atoms with Crippen LogP contribution in [-0.2, 0) is 0 Å². The molecule has 0 radical (unpaired) electrons. The molecule has 0 saturated carbocycles. The smallest absolute Gasteiger partial charge is 0.302 e. The zero-order valence-corrected chi connectivity index (χ0v) is 17.7. The van der Waals surface area contributed by atoms with Crippen molar-refractivity contribution >= 4 is 0 Å². The molecule has 4 aromatic rings. The lowest BCUT2D eigenvalue weighted by atomic mass is 10.0. The van der Waals surface area contributed by atoms with Gasteiger partial charge in [0.1, 0.15) is 5.69 Å². The summed E-state index contributed by atoms with van der Waals surface area (Å²) in [6, 6.07) is 31.8. The van der Waals surface area contributed by atoms with Crippen molar-refractivity contribution in [2.24, 2.45) is 0 Å². The van der Waals surface area contributed by atoms with Crippen molar-refractivity contribution in [3.63, 3.8) is 0 Å². The molecule has 0 saturated heterocycles. The van der Waals surface area contributed by atoms with E-state index in [1.165, 1.54) is 0 Å². The minimum absolute atomic E-state index is 0.0991. The first-order valence-electron chi connectivity index (χ1n) is 10.7. The third-order valence-corrected chi connectivity index (χ3v) is 5.23. The maximum absolute atomic E-state index is 6.42. The Bertz CT molecular complexity index is 1060. The number of unbranched alkanes of at least 4 members (excludes halogenated alkanes) is 1. The average molecular weight is 397 g/mol. The Morgan fingerprint density at radius 3 is 1.97 bits per heavy atom. The standard InChI is InChI=1S/C27H28N2O/c1-3-4-14-21(2)30-27-28-25(22-15-8-5-9-16-22)26(23-17-10-6-11-18-23)29(27)24-19-12-7-13-20-24/h5-13,15-21H,3-4,14H2,1-2H3. The Morgan fingerprint density at radius 2 is 1.37 bits per heavy atom. The van der Waals surface area contributed by atoms with Gasteiger partial charge in [-0.3, -0.25) is 4.57 Å². The van der Waals surface area contributed by atoms with Crippen LogP contribution >= 0.6 is 0 Å². The molecule has 1 atom stereocenters. The number of aromatic nitrogens is 2. The molecule has 0 N–H and O–H groups in total. The molecule has 152 valence electrons. The summed E-state index contributed by atoms with van der Waals surface area (Å²) in [5, 5.41) is 0. The third-order valence-electron chi connectivity index (χ3n) is 5.23. The Balaban J connectivity index is 1.93. The molecule has 0 aliphatic heterocycles. The van der Waals surface area contributed by atoms with Gasteiger partial charge in [-0.05, 0) is 25.5 Å². The second kappa shape index (κ2) is 9.45. The first kappa shape index (κ1) is 20.0. The van der Waals surface area contributed by atoms with E-state index in [4.69, 9.17) is 9.72 Å². The number of hydrogen-bond donors (Lipinski definition) is 0. The Kier molecular flexibility index (Phi) is 6.29. The highest BCUT2D eigenvalue weighted by molar-refractivity contribution is 5.81. The van der Waals surface area contributed by atoms with Gasteiger partial charge in [0.05, 0.1) is 17.5 Å². The number of hydrogen-bond acceptors (Lipinski definition) is 2. The summed E-state index contributed by atoms with van der Waals surface area (Å²) in [5.74, 6) is 0. The quantitative estimate of drug-likeness (QED) is 0.316. The van der Waals surface area contributed by atoms with Crippen molar-refractivity contribution in [3.05, 3.63) is 91.0 Å². The van der Waals surface area contributed by atoms with Crippen molar-refractivity contribution in [2.45, 2.75) is 39.2 Å². The zero-order valence-electron chi connectivity index (χ0n) is 17.7. The molecule has 30 heavy (non-hydrogen) atoms. The van der Waals surface area contributed by atoms with Gasteiger partial charge in [-0.15, -0.1) is 0 Å². The summed E-state index contributed by atoms with van der Waals surface area (Å²) in [5.41, 5.74) is 5.22. The summed E-state index contributed by atoms with van der Waals surface area (Å²) in [6.07, 6.45) is 3.41. The Labute approximate surface area is 179 Å². The van der Waals surface area contributed by atoms with Crippen LogP contribution in [0.5, 0.6) is 6.01 Å². The van der Waals surface area contributed by atoms with Gasteiger partial charge in [-0.25, -0.2) is 0 Å². The first-order chi connectivity index (χ1) is 14.8. The number of imidazole rings is 1. The molecule has 1 heterocycles. The largest absolute Gasteiger partial charge is 0.461 e. The van der Waals surface area contributed by atoms with Gasteiger partial charge >= 0.3 is 6.01 Å². The van der Waals surface area contributed by atoms with Crippen molar-refractivity contribution in [1.82, 2.24) is 9.55 Å². The Morgan fingerprint density at radius 1 is 0.800 bits per heavy atom. The predicted octanol–water partition coefficient (Wildman–Crippen LogP) is 7.16. The number of para-hydroxylation sites is 1. The van der Waals surface area contributed by atoms with Crippen LogP contribution in [0.3, 0.4) is 0 Å². The molecule has 3 aromatic carbocycles.